The summed E-state index contributed by atoms with van der Waals surface area (Å²) in [5.41, 5.74) is -0.389. The molecule has 0 saturated heterocycles. The van der Waals surface area contributed by atoms with Crippen LogP contribution in [0.25, 0.3) is 0 Å². The molecular formula is C20H22O6S2. The summed E-state index contributed by atoms with van der Waals surface area (Å²) in [6.45, 7) is -0.174. The van der Waals surface area contributed by atoms with E-state index in [1.54, 1.807) is 36.4 Å². The van der Waals surface area contributed by atoms with Gasteiger partial charge in [0, 0.05) is 5.41 Å². The Morgan fingerprint density at radius 1 is 0.679 bits per heavy atom. The van der Waals surface area contributed by atoms with Crippen LogP contribution < -0.4 is 0 Å². The van der Waals surface area contributed by atoms with Crippen molar-refractivity contribution in [3.8, 4) is 0 Å². The highest BCUT2D eigenvalue weighted by Crippen LogP contribution is 2.68. The highest BCUT2D eigenvalue weighted by Gasteiger charge is 2.61. The monoisotopic (exact) mass is 422 g/mol. The minimum Gasteiger partial charge on any atom is -0.266 e. The molecule has 28 heavy (non-hydrogen) atoms. The number of hydrogen-bond donors (Lipinski definition) is 0. The largest absolute Gasteiger partial charge is 0.296 e. The first kappa shape index (κ1) is 19.6. The first-order valence-electron chi connectivity index (χ1n) is 9.14. The summed E-state index contributed by atoms with van der Waals surface area (Å²) in [6, 6.07) is 15.9. The number of rotatable bonds is 8. The summed E-state index contributed by atoms with van der Waals surface area (Å²) >= 11 is 0. The van der Waals surface area contributed by atoms with Crippen molar-refractivity contribution >= 4 is 20.2 Å². The molecule has 0 aliphatic heterocycles. The topological polar surface area (TPSA) is 86.7 Å². The lowest BCUT2D eigenvalue weighted by molar-refractivity contribution is -0.0421. The second-order valence-corrected chi connectivity index (χ2v) is 11.1. The van der Waals surface area contributed by atoms with Crippen molar-refractivity contribution in [2.24, 2.45) is 10.8 Å². The van der Waals surface area contributed by atoms with Crippen LogP contribution in [-0.4, -0.2) is 30.0 Å². The van der Waals surface area contributed by atoms with Gasteiger partial charge >= 0.3 is 0 Å². The SMILES string of the molecule is O=S(=O)(OCC1(COS(=O)(=O)c2ccccc2)CC2(CC2)C1)c1ccccc1. The van der Waals surface area contributed by atoms with Gasteiger partial charge in [0.1, 0.15) is 0 Å². The van der Waals surface area contributed by atoms with E-state index >= 15 is 0 Å². The van der Waals surface area contributed by atoms with E-state index in [4.69, 9.17) is 8.37 Å². The minimum atomic E-state index is -3.90. The zero-order valence-corrected chi connectivity index (χ0v) is 16.9. The van der Waals surface area contributed by atoms with Gasteiger partial charge in [-0.25, -0.2) is 0 Å². The predicted molar refractivity (Wildman–Crippen MR) is 102 cm³/mol. The van der Waals surface area contributed by atoms with E-state index in [0.717, 1.165) is 12.8 Å². The molecule has 0 radical (unpaired) electrons. The van der Waals surface area contributed by atoms with E-state index in [2.05, 4.69) is 0 Å². The molecule has 2 aliphatic carbocycles. The van der Waals surface area contributed by atoms with E-state index in [1.807, 2.05) is 0 Å². The molecule has 150 valence electrons. The van der Waals surface area contributed by atoms with Crippen LogP contribution in [0.15, 0.2) is 70.5 Å². The third kappa shape index (κ3) is 4.00. The van der Waals surface area contributed by atoms with Crippen molar-refractivity contribution in [3.05, 3.63) is 60.7 Å². The van der Waals surface area contributed by atoms with Gasteiger partial charge in [0.25, 0.3) is 20.2 Å². The maximum absolute atomic E-state index is 12.4. The first-order valence-corrected chi connectivity index (χ1v) is 12.0. The Bertz CT molecular complexity index is 959. The number of benzene rings is 2. The average molecular weight is 423 g/mol. The predicted octanol–water partition coefficient (Wildman–Crippen LogP) is 3.36. The Morgan fingerprint density at radius 3 is 1.43 bits per heavy atom. The normalized spacial score (nSPS) is 19.9. The molecule has 2 aliphatic rings. The second kappa shape index (κ2) is 6.95. The zero-order valence-electron chi connectivity index (χ0n) is 15.3. The quantitative estimate of drug-likeness (QED) is 0.606. The van der Waals surface area contributed by atoms with Crippen LogP contribution in [0.1, 0.15) is 25.7 Å². The molecular weight excluding hydrogens is 400 g/mol. The summed E-state index contributed by atoms with van der Waals surface area (Å²) in [5, 5.41) is 0. The van der Waals surface area contributed by atoms with Crippen molar-refractivity contribution in [2.75, 3.05) is 13.2 Å². The average Bonchev–Trinajstić information content (AvgIpc) is 3.46. The summed E-state index contributed by atoms with van der Waals surface area (Å²) in [6.07, 6.45) is 3.61. The van der Waals surface area contributed by atoms with Crippen LogP contribution in [-0.2, 0) is 28.6 Å². The molecule has 0 amide bonds. The molecule has 8 heteroatoms. The summed E-state index contributed by atoms with van der Waals surface area (Å²) < 4.78 is 60.4. The standard InChI is InChI=1S/C20H22O6S2/c21-27(22,17-7-3-1-4-8-17)25-15-20(13-19(14-20)11-12-19)16-26-28(23,24)18-9-5-2-6-10-18/h1-10H,11-16H2. The van der Waals surface area contributed by atoms with Gasteiger partial charge in [0.2, 0.25) is 0 Å². The van der Waals surface area contributed by atoms with E-state index in [-0.39, 0.29) is 28.4 Å². The molecule has 2 aromatic rings. The Hall–Kier alpha value is -1.74. The van der Waals surface area contributed by atoms with Crippen LogP contribution in [0.5, 0.6) is 0 Å². The molecule has 0 heterocycles. The molecule has 2 aromatic carbocycles. The van der Waals surface area contributed by atoms with Crippen LogP contribution >= 0.6 is 0 Å². The molecule has 0 unspecified atom stereocenters. The molecule has 0 aromatic heterocycles. The summed E-state index contributed by atoms with van der Waals surface area (Å²) in [5.74, 6) is 0. The third-order valence-electron chi connectivity index (χ3n) is 5.56. The van der Waals surface area contributed by atoms with Gasteiger partial charge in [-0.05, 0) is 55.4 Å². The lowest BCUT2D eigenvalue weighted by Gasteiger charge is -2.47. The maximum atomic E-state index is 12.4. The van der Waals surface area contributed by atoms with Crippen molar-refractivity contribution in [2.45, 2.75) is 35.5 Å². The molecule has 0 atom stereocenters. The molecule has 1 spiro atoms. The van der Waals surface area contributed by atoms with Crippen molar-refractivity contribution in [3.63, 3.8) is 0 Å². The van der Waals surface area contributed by atoms with Crippen molar-refractivity contribution < 1.29 is 25.2 Å². The highest BCUT2D eigenvalue weighted by molar-refractivity contribution is 7.87. The van der Waals surface area contributed by atoms with E-state index in [0.29, 0.717) is 12.8 Å². The van der Waals surface area contributed by atoms with Gasteiger partial charge in [-0.1, -0.05) is 36.4 Å². The molecule has 2 saturated carbocycles. The Morgan fingerprint density at radius 2 is 1.07 bits per heavy atom. The molecule has 6 nitrogen and oxygen atoms in total. The fourth-order valence-corrected chi connectivity index (χ4v) is 6.09. The molecule has 4 rings (SSSR count). The maximum Gasteiger partial charge on any atom is 0.296 e. The van der Waals surface area contributed by atoms with Gasteiger partial charge in [0.05, 0.1) is 23.0 Å². The summed E-state index contributed by atoms with van der Waals surface area (Å²) in [7, 11) is -7.79. The van der Waals surface area contributed by atoms with Gasteiger partial charge < -0.3 is 0 Å². The van der Waals surface area contributed by atoms with Gasteiger partial charge in [0.15, 0.2) is 0 Å². The highest BCUT2D eigenvalue weighted by atomic mass is 32.2. The first-order chi connectivity index (χ1) is 13.2. The molecule has 2 fully saturated rings. The molecule has 0 N–H and O–H groups in total. The van der Waals surface area contributed by atoms with Gasteiger partial charge in [-0.2, -0.15) is 16.8 Å². The van der Waals surface area contributed by atoms with Crippen LogP contribution in [0.4, 0.5) is 0 Å². The van der Waals surface area contributed by atoms with Gasteiger partial charge in [-0.15, -0.1) is 0 Å². The lowest BCUT2D eigenvalue weighted by atomic mass is 9.60. The van der Waals surface area contributed by atoms with Crippen LogP contribution in [0.2, 0.25) is 0 Å². The van der Waals surface area contributed by atoms with E-state index in [1.165, 1.54) is 24.3 Å². The van der Waals surface area contributed by atoms with Gasteiger partial charge in [-0.3, -0.25) is 8.37 Å². The Kier molecular flexibility index (Phi) is 4.86. The smallest absolute Gasteiger partial charge is 0.266 e. The van der Waals surface area contributed by atoms with Crippen molar-refractivity contribution in [1.82, 2.24) is 0 Å². The third-order valence-corrected chi connectivity index (χ3v) is 8.12. The number of hydrogen-bond acceptors (Lipinski definition) is 6. The van der Waals surface area contributed by atoms with E-state index in [9.17, 15) is 16.8 Å². The lowest BCUT2D eigenvalue weighted by Crippen LogP contribution is -2.46. The van der Waals surface area contributed by atoms with E-state index < -0.39 is 25.7 Å². The van der Waals surface area contributed by atoms with Crippen LogP contribution in [0, 0.1) is 10.8 Å². The fourth-order valence-electron chi connectivity index (χ4n) is 4.03. The molecule has 0 bridgehead atoms. The minimum absolute atomic E-state index is 0.0865. The van der Waals surface area contributed by atoms with Crippen molar-refractivity contribution in [1.29, 1.82) is 0 Å². The Labute approximate surface area is 165 Å². The second-order valence-electron chi connectivity index (χ2n) is 7.91. The zero-order chi connectivity index (χ0) is 19.9. The van der Waals surface area contributed by atoms with Crippen LogP contribution in [0.3, 0.4) is 0 Å². The summed E-state index contributed by atoms with van der Waals surface area (Å²) in [4.78, 5) is 0.173. The Balaban J connectivity index is 1.46. The fraction of sp³-hybridized carbons (Fsp3) is 0.400.